The summed E-state index contributed by atoms with van der Waals surface area (Å²) in [6.07, 6.45) is 2.95. The van der Waals surface area contributed by atoms with Gasteiger partial charge in [0.25, 0.3) is 5.91 Å². The van der Waals surface area contributed by atoms with E-state index in [4.69, 9.17) is 4.74 Å². The predicted molar refractivity (Wildman–Crippen MR) is 88.6 cm³/mol. The molecule has 1 fully saturated rings. The van der Waals surface area contributed by atoms with Crippen LogP contribution >= 0.6 is 0 Å². The van der Waals surface area contributed by atoms with Gasteiger partial charge in [0.2, 0.25) is 0 Å². The second-order valence-corrected chi connectivity index (χ2v) is 7.29. The molecule has 2 atom stereocenters. The SMILES string of the molecule is CCn1nc(C(=O)NC2(CN(C)C)CC2)c2c1[C@H](C)O[C@H](C)C2. The zero-order valence-electron chi connectivity index (χ0n) is 14.8. The van der Waals surface area contributed by atoms with E-state index in [0.29, 0.717) is 5.69 Å². The van der Waals surface area contributed by atoms with Gasteiger partial charge in [0.05, 0.1) is 23.4 Å². The third kappa shape index (κ3) is 3.15. The van der Waals surface area contributed by atoms with Crippen LogP contribution in [0.25, 0.3) is 0 Å². The normalized spacial score (nSPS) is 25.3. The summed E-state index contributed by atoms with van der Waals surface area (Å²) >= 11 is 0. The quantitative estimate of drug-likeness (QED) is 0.898. The number of likely N-dealkylation sites (N-methyl/N-ethyl adjacent to an activating group) is 1. The van der Waals surface area contributed by atoms with Crippen LogP contribution in [0.5, 0.6) is 0 Å². The van der Waals surface area contributed by atoms with Gasteiger partial charge in [0.1, 0.15) is 0 Å². The van der Waals surface area contributed by atoms with Crippen molar-refractivity contribution in [3.8, 4) is 0 Å². The van der Waals surface area contributed by atoms with Crippen LogP contribution in [0.2, 0.25) is 0 Å². The molecule has 3 rings (SSSR count). The molecule has 23 heavy (non-hydrogen) atoms. The number of aryl methyl sites for hydroxylation is 1. The highest BCUT2D eigenvalue weighted by molar-refractivity contribution is 5.95. The number of aromatic nitrogens is 2. The molecule has 1 amide bonds. The van der Waals surface area contributed by atoms with Crippen molar-refractivity contribution < 1.29 is 9.53 Å². The topological polar surface area (TPSA) is 59.4 Å². The summed E-state index contributed by atoms with van der Waals surface area (Å²) in [6.45, 7) is 7.78. The van der Waals surface area contributed by atoms with E-state index >= 15 is 0 Å². The minimum absolute atomic E-state index is 0.0144. The monoisotopic (exact) mass is 320 g/mol. The van der Waals surface area contributed by atoms with E-state index in [-0.39, 0.29) is 23.7 Å². The van der Waals surface area contributed by atoms with Crippen LogP contribution in [0, 0.1) is 0 Å². The highest BCUT2D eigenvalue weighted by Crippen LogP contribution is 2.37. The Bertz CT molecular complexity index is 604. The van der Waals surface area contributed by atoms with E-state index in [9.17, 15) is 4.79 Å². The van der Waals surface area contributed by atoms with E-state index < -0.39 is 0 Å². The summed E-state index contributed by atoms with van der Waals surface area (Å²) < 4.78 is 7.84. The Labute approximate surface area is 138 Å². The van der Waals surface area contributed by atoms with E-state index in [1.54, 1.807) is 0 Å². The Kier molecular flexibility index (Phi) is 4.23. The maximum absolute atomic E-state index is 12.9. The maximum Gasteiger partial charge on any atom is 0.272 e. The van der Waals surface area contributed by atoms with Crippen molar-refractivity contribution in [3.05, 3.63) is 17.0 Å². The van der Waals surface area contributed by atoms with Crippen molar-refractivity contribution in [3.63, 3.8) is 0 Å². The molecular formula is C17H28N4O2. The Morgan fingerprint density at radius 3 is 2.70 bits per heavy atom. The van der Waals surface area contributed by atoms with E-state index in [1.165, 1.54) is 0 Å². The zero-order valence-corrected chi connectivity index (χ0v) is 14.8. The Hall–Kier alpha value is -1.40. The first-order valence-corrected chi connectivity index (χ1v) is 8.57. The number of ether oxygens (including phenoxy) is 1. The lowest BCUT2D eigenvalue weighted by atomic mass is 9.99. The first kappa shape index (κ1) is 16.5. The summed E-state index contributed by atoms with van der Waals surface area (Å²) in [4.78, 5) is 15.0. The fourth-order valence-electron chi connectivity index (χ4n) is 3.72. The van der Waals surface area contributed by atoms with Gasteiger partial charge in [-0.2, -0.15) is 5.10 Å². The van der Waals surface area contributed by atoms with Crippen molar-refractivity contribution in [2.24, 2.45) is 0 Å². The molecule has 0 saturated heterocycles. The molecule has 2 heterocycles. The number of carbonyl (C=O) groups excluding carboxylic acids is 1. The van der Waals surface area contributed by atoms with Crippen LogP contribution in [0.4, 0.5) is 0 Å². The van der Waals surface area contributed by atoms with Gasteiger partial charge in [-0.1, -0.05) is 0 Å². The lowest BCUT2D eigenvalue weighted by Gasteiger charge is -2.27. The fraction of sp³-hybridized carbons (Fsp3) is 0.765. The van der Waals surface area contributed by atoms with Crippen LogP contribution in [0.3, 0.4) is 0 Å². The molecule has 128 valence electrons. The molecule has 1 aliphatic heterocycles. The van der Waals surface area contributed by atoms with Gasteiger partial charge in [-0.15, -0.1) is 0 Å². The van der Waals surface area contributed by atoms with Crippen molar-refractivity contribution in [1.29, 1.82) is 0 Å². The molecule has 2 aliphatic rings. The first-order chi connectivity index (χ1) is 10.8. The molecule has 1 aromatic rings. The highest BCUT2D eigenvalue weighted by atomic mass is 16.5. The summed E-state index contributed by atoms with van der Waals surface area (Å²) in [7, 11) is 4.08. The smallest absolute Gasteiger partial charge is 0.272 e. The number of hydrogen-bond donors (Lipinski definition) is 1. The molecule has 6 heteroatoms. The molecule has 0 aromatic carbocycles. The van der Waals surface area contributed by atoms with Gasteiger partial charge in [0, 0.05) is 25.1 Å². The van der Waals surface area contributed by atoms with Crippen LogP contribution in [0.1, 0.15) is 61.5 Å². The predicted octanol–water partition coefficient (Wildman–Crippen LogP) is 1.75. The van der Waals surface area contributed by atoms with Gasteiger partial charge in [-0.3, -0.25) is 9.48 Å². The number of nitrogens with one attached hydrogen (secondary N) is 1. The summed E-state index contributed by atoms with van der Waals surface area (Å²) in [5.74, 6) is -0.0332. The lowest BCUT2D eigenvalue weighted by Crippen LogP contribution is -2.44. The summed E-state index contributed by atoms with van der Waals surface area (Å²) in [5, 5.41) is 7.83. The number of fused-ring (bicyclic) bond motifs is 1. The number of carbonyl (C=O) groups is 1. The number of rotatable bonds is 5. The van der Waals surface area contributed by atoms with E-state index in [0.717, 1.165) is 43.6 Å². The molecule has 1 saturated carbocycles. The van der Waals surface area contributed by atoms with Gasteiger partial charge in [-0.05, 0) is 47.7 Å². The molecule has 1 N–H and O–H groups in total. The van der Waals surface area contributed by atoms with Gasteiger partial charge in [0.15, 0.2) is 5.69 Å². The van der Waals surface area contributed by atoms with Gasteiger partial charge < -0.3 is 15.0 Å². The van der Waals surface area contributed by atoms with Crippen molar-refractivity contribution >= 4 is 5.91 Å². The number of nitrogens with zero attached hydrogens (tertiary/aromatic N) is 3. The Balaban J connectivity index is 1.87. The lowest BCUT2D eigenvalue weighted by molar-refractivity contribution is -0.00948. The Morgan fingerprint density at radius 2 is 2.13 bits per heavy atom. The van der Waals surface area contributed by atoms with Crippen LogP contribution < -0.4 is 5.32 Å². The van der Waals surface area contributed by atoms with Crippen molar-refractivity contribution in [2.45, 2.75) is 64.3 Å². The van der Waals surface area contributed by atoms with E-state index in [2.05, 4.69) is 22.2 Å². The molecule has 0 bridgehead atoms. The van der Waals surface area contributed by atoms with Gasteiger partial charge in [-0.25, -0.2) is 0 Å². The standard InChI is InChI=1S/C17H28N4O2/c1-6-21-15-12(3)23-11(2)9-13(15)14(19-21)16(22)18-17(7-8-17)10-20(4)5/h11-12H,6-10H2,1-5H3,(H,18,22)/t11-,12+/m1/s1. The minimum atomic E-state index is -0.0636. The zero-order chi connectivity index (χ0) is 16.8. The first-order valence-electron chi connectivity index (χ1n) is 8.57. The molecule has 6 nitrogen and oxygen atoms in total. The van der Waals surface area contributed by atoms with Crippen molar-refractivity contribution in [2.75, 3.05) is 20.6 Å². The Morgan fingerprint density at radius 1 is 1.43 bits per heavy atom. The summed E-state index contributed by atoms with van der Waals surface area (Å²) in [6, 6.07) is 0. The summed E-state index contributed by atoms with van der Waals surface area (Å²) in [5.41, 5.74) is 2.66. The average molecular weight is 320 g/mol. The van der Waals surface area contributed by atoms with Crippen molar-refractivity contribution in [1.82, 2.24) is 20.0 Å². The largest absolute Gasteiger partial charge is 0.369 e. The molecule has 0 unspecified atom stereocenters. The van der Waals surface area contributed by atoms with Crippen LogP contribution in [-0.2, 0) is 17.7 Å². The van der Waals surface area contributed by atoms with Gasteiger partial charge >= 0.3 is 0 Å². The fourth-order valence-corrected chi connectivity index (χ4v) is 3.72. The molecule has 0 spiro atoms. The third-order valence-electron chi connectivity index (χ3n) is 4.77. The van der Waals surface area contributed by atoms with Crippen LogP contribution in [0.15, 0.2) is 0 Å². The highest BCUT2D eigenvalue weighted by Gasteiger charge is 2.45. The minimum Gasteiger partial charge on any atom is -0.369 e. The third-order valence-corrected chi connectivity index (χ3v) is 4.77. The maximum atomic E-state index is 12.9. The van der Waals surface area contributed by atoms with Crippen LogP contribution in [-0.4, -0.2) is 52.9 Å². The molecular weight excluding hydrogens is 292 g/mol. The molecule has 1 aliphatic carbocycles. The molecule has 0 radical (unpaired) electrons. The molecule has 1 aromatic heterocycles. The second-order valence-electron chi connectivity index (χ2n) is 7.29. The number of amides is 1. The van der Waals surface area contributed by atoms with E-state index in [1.807, 2.05) is 32.6 Å². The number of hydrogen-bond acceptors (Lipinski definition) is 4. The average Bonchev–Trinajstić information content (AvgIpc) is 3.07. The second kappa shape index (κ2) is 5.91.